The monoisotopic (exact) mass is 536 g/mol. The Morgan fingerprint density at radius 1 is 0.853 bits per heavy atom. The molecular formula is C26H21Cl4FN2O. The van der Waals surface area contributed by atoms with Gasteiger partial charge in [0.1, 0.15) is 11.6 Å². The van der Waals surface area contributed by atoms with Gasteiger partial charge in [0, 0.05) is 23.4 Å². The Morgan fingerprint density at radius 3 is 2.09 bits per heavy atom. The van der Waals surface area contributed by atoms with Crippen molar-refractivity contribution in [2.75, 3.05) is 0 Å². The highest BCUT2D eigenvalue weighted by atomic mass is 35.5. The molecule has 1 unspecified atom stereocenters. The van der Waals surface area contributed by atoms with Gasteiger partial charge in [0.15, 0.2) is 11.9 Å². The molecule has 0 aliphatic rings. The van der Waals surface area contributed by atoms with Gasteiger partial charge in [-0.25, -0.2) is 9.37 Å². The number of hydrogen-bond donors (Lipinski definition) is 0. The first-order valence-electron chi connectivity index (χ1n) is 10.5. The third kappa shape index (κ3) is 4.92. The average molecular weight is 538 g/mol. The first-order valence-corrected chi connectivity index (χ1v) is 12.0. The highest BCUT2D eigenvalue weighted by molar-refractivity contribution is 6.42. The quantitative estimate of drug-likeness (QED) is 0.245. The van der Waals surface area contributed by atoms with Crippen LogP contribution in [-0.2, 0) is 5.41 Å². The molecule has 3 aromatic carbocycles. The fourth-order valence-corrected chi connectivity index (χ4v) is 4.38. The van der Waals surface area contributed by atoms with Crippen molar-refractivity contribution in [1.29, 1.82) is 0 Å². The normalized spacial score (nSPS) is 12.6. The van der Waals surface area contributed by atoms with Crippen LogP contribution in [-0.4, -0.2) is 9.55 Å². The fraction of sp³-hybridized carbons (Fsp3) is 0.192. The van der Waals surface area contributed by atoms with Crippen molar-refractivity contribution < 1.29 is 9.13 Å². The molecule has 0 saturated carbocycles. The van der Waals surface area contributed by atoms with E-state index < -0.39 is 11.5 Å². The first-order chi connectivity index (χ1) is 16.1. The van der Waals surface area contributed by atoms with Gasteiger partial charge in [0.05, 0.1) is 25.8 Å². The van der Waals surface area contributed by atoms with E-state index in [4.69, 9.17) is 56.1 Å². The second-order valence-electron chi connectivity index (χ2n) is 8.40. The van der Waals surface area contributed by atoms with E-state index in [9.17, 15) is 4.39 Å². The lowest BCUT2D eigenvalue weighted by Gasteiger charge is -2.28. The Kier molecular flexibility index (Phi) is 7.16. The molecule has 0 amide bonds. The Morgan fingerprint density at radius 2 is 1.47 bits per heavy atom. The van der Waals surface area contributed by atoms with E-state index in [0.29, 0.717) is 31.7 Å². The zero-order valence-electron chi connectivity index (χ0n) is 18.6. The molecule has 3 nitrogen and oxygen atoms in total. The van der Waals surface area contributed by atoms with E-state index in [1.54, 1.807) is 42.6 Å². The van der Waals surface area contributed by atoms with Crippen molar-refractivity contribution >= 4 is 46.4 Å². The smallest absolute Gasteiger partial charge is 0.154 e. The van der Waals surface area contributed by atoms with Gasteiger partial charge in [-0.15, -0.1) is 0 Å². The zero-order valence-corrected chi connectivity index (χ0v) is 21.6. The molecule has 8 heteroatoms. The van der Waals surface area contributed by atoms with E-state index in [2.05, 4.69) is 13.8 Å². The molecular weight excluding hydrogens is 517 g/mol. The number of hydrogen-bond acceptors (Lipinski definition) is 2. The number of benzene rings is 3. The second kappa shape index (κ2) is 9.79. The standard InChI is InChI=1S/C26H21Cl4FN2O/c1-15(34-19-9-11-21(28)23(30)13-19)25-32-14-24(33(25)18-7-5-17(31)6-8-18)26(2,3)16-4-10-20(27)22(29)12-16/h4-15H,1-3H3. The van der Waals surface area contributed by atoms with Crippen LogP contribution in [0.3, 0.4) is 0 Å². The lowest BCUT2D eigenvalue weighted by atomic mass is 9.81. The Hall–Kier alpha value is -2.24. The van der Waals surface area contributed by atoms with Crippen molar-refractivity contribution in [3.63, 3.8) is 0 Å². The van der Waals surface area contributed by atoms with Crippen molar-refractivity contribution in [2.24, 2.45) is 0 Å². The Bertz CT molecular complexity index is 1340. The third-order valence-corrected chi connectivity index (χ3v) is 7.20. The maximum absolute atomic E-state index is 13.7. The summed E-state index contributed by atoms with van der Waals surface area (Å²) in [4.78, 5) is 4.71. The molecule has 0 saturated heterocycles. The molecule has 0 aliphatic carbocycles. The van der Waals surface area contributed by atoms with Gasteiger partial charge in [-0.1, -0.05) is 66.3 Å². The summed E-state index contributed by atoms with van der Waals surface area (Å²) in [5, 5.41) is 1.80. The van der Waals surface area contributed by atoms with Crippen LogP contribution in [0.5, 0.6) is 5.75 Å². The molecule has 1 aromatic heterocycles. The molecule has 176 valence electrons. The van der Waals surface area contributed by atoms with Crippen molar-refractivity contribution in [1.82, 2.24) is 9.55 Å². The van der Waals surface area contributed by atoms with Gasteiger partial charge in [0.2, 0.25) is 0 Å². The summed E-state index contributed by atoms with van der Waals surface area (Å²) in [6.07, 6.45) is 1.34. The van der Waals surface area contributed by atoms with E-state index in [0.717, 1.165) is 16.9 Å². The van der Waals surface area contributed by atoms with Gasteiger partial charge in [-0.05, 0) is 61.0 Å². The van der Waals surface area contributed by atoms with Gasteiger partial charge in [0.25, 0.3) is 0 Å². The molecule has 4 aromatic rings. The van der Waals surface area contributed by atoms with E-state index in [-0.39, 0.29) is 5.82 Å². The van der Waals surface area contributed by atoms with Crippen LogP contribution in [0, 0.1) is 5.82 Å². The van der Waals surface area contributed by atoms with Gasteiger partial charge < -0.3 is 4.74 Å². The van der Waals surface area contributed by atoms with Crippen LogP contribution >= 0.6 is 46.4 Å². The van der Waals surface area contributed by atoms with Crippen molar-refractivity contribution in [3.8, 4) is 11.4 Å². The topological polar surface area (TPSA) is 27.1 Å². The van der Waals surface area contributed by atoms with Crippen LogP contribution in [0.15, 0.2) is 66.9 Å². The summed E-state index contributed by atoms with van der Waals surface area (Å²) in [5.41, 5.74) is 2.06. The van der Waals surface area contributed by atoms with E-state index in [1.165, 1.54) is 12.1 Å². The van der Waals surface area contributed by atoms with E-state index in [1.807, 2.05) is 23.6 Å². The molecule has 0 bridgehead atoms. The van der Waals surface area contributed by atoms with Crippen LogP contribution in [0.4, 0.5) is 4.39 Å². The number of halogens is 5. The van der Waals surface area contributed by atoms with Gasteiger partial charge >= 0.3 is 0 Å². The maximum atomic E-state index is 13.7. The fourth-order valence-electron chi connectivity index (χ4n) is 3.80. The molecule has 0 N–H and O–H groups in total. The lowest BCUT2D eigenvalue weighted by molar-refractivity contribution is 0.214. The number of ether oxygens (including phenoxy) is 1. The number of imidazole rings is 1. The summed E-state index contributed by atoms with van der Waals surface area (Å²) in [5.74, 6) is 0.873. The van der Waals surface area contributed by atoms with Crippen LogP contribution < -0.4 is 4.74 Å². The predicted octanol–water partition coefficient (Wildman–Crippen LogP) is 9.09. The van der Waals surface area contributed by atoms with E-state index >= 15 is 0 Å². The third-order valence-electron chi connectivity index (χ3n) is 5.72. The Balaban J connectivity index is 1.82. The molecule has 0 fully saturated rings. The number of aromatic nitrogens is 2. The molecule has 1 heterocycles. The Labute approximate surface area is 218 Å². The minimum atomic E-state index is -0.517. The first kappa shape index (κ1) is 24.9. The molecule has 4 rings (SSSR count). The molecule has 0 radical (unpaired) electrons. The number of nitrogens with zero attached hydrogens (tertiary/aromatic N) is 2. The van der Waals surface area contributed by atoms with Crippen LogP contribution in [0.25, 0.3) is 5.69 Å². The zero-order chi connectivity index (χ0) is 24.6. The molecule has 34 heavy (non-hydrogen) atoms. The van der Waals surface area contributed by atoms with Gasteiger partial charge in [-0.3, -0.25) is 4.57 Å². The molecule has 1 atom stereocenters. The average Bonchev–Trinajstić information content (AvgIpc) is 3.25. The largest absolute Gasteiger partial charge is 0.483 e. The summed E-state index contributed by atoms with van der Waals surface area (Å²) in [6, 6.07) is 16.9. The maximum Gasteiger partial charge on any atom is 0.154 e. The molecule has 0 aliphatic heterocycles. The molecule has 0 spiro atoms. The SMILES string of the molecule is CC(Oc1ccc(Cl)c(Cl)c1)c1ncc(C(C)(C)c2ccc(Cl)c(Cl)c2)n1-c1ccc(F)cc1. The van der Waals surface area contributed by atoms with Crippen molar-refractivity contribution in [3.05, 3.63) is 110 Å². The van der Waals surface area contributed by atoms with Gasteiger partial charge in [-0.2, -0.15) is 0 Å². The predicted molar refractivity (Wildman–Crippen MR) is 138 cm³/mol. The minimum absolute atomic E-state index is 0.323. The van der Waals surface area contributed by atoms with Crippen LogP contribution in [0.2, 0.25) is 20.1 Å². The minimum Gasteiger partial charge on any atom is -0.483 e. The second-order valence-corrected chi connectivity index (χ2v) is 10.0. The summed E-state index contributed by atoms with van der Waals surface area (Å²) < 4.78 is 21.9. The summed E-state index contributed by atoms with van der Waals surface area (Å²) in [7, 11) is 0. The highest BCUT2D eigenvalue weighted by Gasteiger charge is 2.31. The van der Waals surface area contributed by atoms with Crippen LogP contribution in [0.1, 0.15) is 44.0 Å². The lowest BCUT2D eigenvalue weighted by Crippen LogP contribution is -2.24. The summed E-state index contributed by atoms with van der Waals surface area (Å²) >= 11 is 24.6. The number of rotatable bonds is 6. The van der Waals surface area contributed by atoms with Crippen molar-refractivity contribution in [2.45, 2.75) is 32.3 Å². The highest BCUT2D eigenvalue weighted by Crippen LogP contribution is 2.38. The summed E-state index contributed by atoms with van der Waals surface area (Å²) in [6.45, 7) is 6.02.